The maximum absolute atomic E-state index is 12.7. The molecule has 0 bridgehead atoms. The highest BCUT2D eigenvalue weighted by Gasteiger charge is 2.33. The van der Waals surface area contributed by atoms with Gasteiger partial charge < -0.3 is 4.74 Å². The topological polar surface area (TPSA) is 46.6 Å². The molecule has 1 fully saturated rings. The van der Waals surface area contributed by atoms with Gasteiger partial charge in [-0.3, -0.25) is 0 Å². The molecule has 0 radical (unpaired) electrons. The predicted octanol–water partition coefficient (Wildman–Crippen LogP) is 4.19. The molecular weight excluding hydrogens is 366 g/mol. The Morgan fingerprint density at radius 2 is 1.83 bits per heavy atom. The summed E-state index contributed by atoms with van der Waals surface area (Å²) < 4.78 is 33.4. The first-order chi connectivity index (χ1) is 11.5. The van der Waals surface area contributed by atoms with E-state index < -0.39 is 10.0 Å². The van der Waals surface area contributed by atoms with Crippen molar-refractivity contribution in [3.8, 4) is 0 Å². The lowest BCUT2D eigenvalue weighted by molar-refractivity contribution is 0.0304. The smallest absolute Gasteiger partial charge is 0.252 e. The first-order valence-corrected chi connectivity index (χ1v) is 10.5. The minimum absolute atomic E-state index is 0.00670. The van der Waals surface area contributed by atoms with Crippen LogP contribution >= 0.6 is 22.9 Å². The molecule has 7 heteroatoms. The van der Waals surface area contributed by atoms with Crippen LogP contribution in [0.2, 0.25) is 4.34 Å². The van der Waals surface area contributed by atoms with E-state index in [4.69, 9.17) is 16.3 Å². The Balaban J connectivity index is 1.69. The zero-order valence-electron chi connectivity index (χ0n) is 13.4. The Morgan fingerprint density at radius 3 is 2.38 bits per heavy atom. The third-order valence-corrected chi connectivity index (χ3v) is 8.05. The number of nitrogens with zero attached hydrogens (tertiary/aromatic N) is 1. The summed E-state index contributed by atoms with van der Waals surface area (Å²) in [4.78, 5) is 0. The average molecular weight is 386 g/mol. The largest absolute Gasteiger partial charge is 0.376 e. The number of halogens is 1. The lowest BCUT2D eigenvalue weighted by Crippen LogP contribution is -2.39. The number of ether oxygens (including phenoxy) is 1. The van der Waals surface area contributed by atoms with E-state index in [2.05, 4.69) is 12.1 Å². The quantitative estimate of drug-likeness (QED) is 0.775. The number of piperidine rings is 1. The molecule has 0 saturated carbocycles. The molecule has 130 valence electrons. The van der Waals surface area contributed by atoms with Gasteiger partial charge in [0.25, 0.3) is 10.0 Å². The van der Waals surface area contributed by atoms with Crippen molar-refractivity contribution in [2.45, 2.75) is 23.2 Å². The van der Waals surface area contributed by atoms with Crippen LogP contribution in [0.25, 0.3) is 0 Å². The summed E-state index contributed by atoms with van der Waals surface area (Å²) in [7, 11) is -1.72. The van der Waals surface area contributed by atoms with Crippen molar-refractivity contribution in [2.24, 2.45) is 5.92 Å². The van der Waals surface area contributed by atoms with Crippen LogP contribution < -0.4 is 0 Å². The van der Waals surface area contributed by atoms with Gasteiger partial charge in [-0.05, 0) is 36.5 Å². The van der Waals surface area contributed by atoms with Gasteiger partial charge in [-0.2, -0.15) is 4.31 Å². The van der Waals surface area contributed by atoms with Crippen LogP contribution in [0.1, 0.15) is 24.5 Å². The Bertz CT molecular complexity index is 768. The van der Waals surface area contributed by atoms with Crippen molar-refractivity contribution in [3.63, 3.8) is 0 Å². The molecule has 0 N–H and O–H groups in total. The van der Waals surface area contributed by atoms with Crippen LogP contribution in [0.4, 0.5) is 0 Å². The van der Waals surface area contributed by atoms with Gasteiger partial charge in [0, 0.05) is 20.2 Å². The number of benzene rings is 1. The van der Waals surface area contributed by atoms with E-state index in [0.29, 0.717) is 27.6 Å². The second-order valence-corrected chi connectivity index (χ2v) is 9.75. The lowest BCUT2D eigenvalue weighted by Gasteiger charge is -2.34. The zero-order chi connectivity index (χ0) is 17.2. The lowest BCUT2D eigenvalue weighted by atomic mass is 9.88. The molecule has 24 heavy (non-hydrogen) atoms. The van der Waals surface area contributed by atoms with Crippen molar-refractivity contribution < 1.29 is 13.2 Å². The van der Waals surface area contributed by atoms with Crippen LogP contribution in [0.3, 0.4) is 0 Å². The monoisotopic (exact) mass is 385 g/mol. The third kappa shape index (κ3) is 3.68. The van der Waals surface area contributed by atoms with Gasteiger partial charge in [0.2, 0.25) is 0 Å². The zero-order valence-corrected chi connectivity index (χ0v) is 15.8. The van der Waals surface area contributed by atoms with Gasteiger partial charge in [-0.15, -0.1) is 11.3 Å². The summed E-state index contributed by atoms with van der Waals surface area (Å²) >= 11 is 6.98. The molecule has 0 aliphatic carbocycles. The standard InChI is InChI=1S/C17H20ClNO3S2/c1-22-17(13-5-3-2-4-6-13)14-9-11-19(12-10-14)24(20,21)16-8-7-15(18)23-16/h2-8,14,17H,9-12H2,1H3. The number of methoxy groups -OCH3 is 1. The van der Waals surface area contributed by atoms with Gasteiger partial charge >= 0.3 is 0 Å². The van der Waals surface area contributed by atoms with Crippen LogP contribution in [0, 0.1) is 5.92 Å². The van der Waals surface area contributed by atoms with Gasteiger partial charge in [-0.25, -0.2) is 8.42 Å². The fourth-order valence-corrected chi connectivity index (χ4v) is 6.33. The van der Waals surface area contributed by atoms with Crippen LogP contribution in [-0.2, 0) is 14.8 Å². The Kier molecular flexibility index (Phi) is 5.62. The molecule has 1 saturated heterocycles. The summed E-state index contributed by atoms with van der Waals surface area (Å²) in [6.07, 6.45) is 1.57. The number of thiophene rings is 1. The Labute approximate surface area is 152 Å². The van der Waals surface area contributed by atoms with E-state index in [1.54, 1.807) is 23.5 Å². The van der Waals surface area contributed by atoms with E-state index in [1.165, 1.54) is 0 Å². The van der Waals surface area contributed by atoms with E-state index in [-0.39, 0.29) is 6.10 Å². The van der Waals surface area contributed by atoms with E-state index >= 15 is 0 Å². The second kappa shape index (κ2) is 7.54. The molecule has 0 amide bonds. The molecule has 2 heterocycles. The number of sulfonamides is 1. The van der Waals surface area contributed by atoms with Crippen molar-refractivity contribution in [1.82, 2.24) is 4.31 Å². The Hall–Kier alpha value is -0.920. The summed E-state index contributed by atoms with van der Waals surface area (Å²) in [6, 6.07) is 13.3. The second-order valence-electron chi connectivity index (χ2n) is 5.87. The minimum Gasteiger partial charge on any atom is -0.376 e. The van der Waals surface area contributed by atoms with Gasteiger partial charge in [-0.1, -0.05) is 41.9 Å². The summed E-state index contributed by atoms with van der Waals surface area (Å²) in [5.74, 6) is 0.316. The molecule has 1 unspecified atom stereocenters. The Morgan fingerprint density at radius 1 is 1.17 bits per heavy atom. The van der Waals surface area contributed by atoms with Crippen molar-refractivity contribution in [2.75, 3.05) is 20.2 Å². The van der Waals surface area contributed by atoms with Crippen molar-refractivity contribution in [1.29, 1.82) is 0 Å². The molecule has 4 nitrogen and oxygen atoms in total. The summed E-state index contributed by atoms with van der Waals surface area (Å²) in [5, 5.41) is 0. The van der Waals surface area contributed by atoms with Crippen molar-refractivity contribution in [3.05, 3.63) is 52.4 Å². The fraction of sp³-hybridized carbons (Fsp3) is 0.412. The molecule has 2 aromatic rings. The predicted molar refractivity (Wildman–Crippen MR) is 97.0 cm³/mol. The summed E-state index contributed by atoms with van der Waals surface area (Å²) in [6.45, 7) is 1.02. The fourth-order valence-electron chi connectivity index (χ4n) is 3.23. The average Bonchev–Trinajstić information content (AvgIpc) is 3.04. The highest BCUT2D eigenvalue weighted by Crippen LogP contribution is 2.36. The molecule has 3 rings (SSSR count). The third-order valence-electron chi connectivity index (χ3n) is 4.45. The molecule has 1 atom stereocenters. The van der Waals surface area contributed by atoms with E-state index in [0.717, 1.165) is 29.7 Å². The molecule has 0 spiro atoms. The first-order valence-electron chi connectivity index (χ1n) is 7.85. The van der Waals surface area contributed by atoms with Crippen LogP contribution in [0.15, 0.2) is 46.7 Å². The SMILES string of the molecule is COC(c1ccccc1)C1CCN(S(=O)(=O)c2ccc(Cl)s2)CC1. The molecular formula is C17H20ClNO3S2. The number of hydrogen-bond acceptors (Lipinski definition) is 4. The van der Waals surface area contributed by atoms with Crippen LogP contribution in [-0.4, -0.2) is 32.9 Å². The van der Waals surface area contributed by atoms with Gasteiger partial charge in [0.05, 0.1) is 10.4 Å². The van der Waals surface area contributed by atoms with Crippen molar-refractivity contribution >= 4 is 33.0 Å². The molecule has 1 aromatic heterocycles. The molecule has 1 aliphatic heterocycles. The van der Waals surface area contributed by atoms with Gasteiger partial charge in [0.1, 0.15) is 4.21 Å². The van der Waals surface area contributed by atoms with Gasteiger partial charge in [0.15, 0.2) is 0 Å². The summed E-state index contributed by atoms with van der Waals surface area (Å²) in [5.41, 5.74) is 1.14. The maximum Gasteiger partial charge on any atom is 0.252 e. The minimum atomic E-state index is -3.44. The normalized spacial score (nSPS) is 18.6. The van der Waals surface area contributed by atoms with E-state index in [9.17, 15) is 8.42 Å². The van der Waals surface area contributed by atoms with Crippen LogP contribution in [0.5, 0.6) is 0 Å². The molecule has 1 aliphatic rings. The maximum atomic E-state index is 12.7. The number of rotatable bonds is 5. The first kappa shape index (κ1) is 17.9. The molecule has 1 aromatic carbocycles. The highest BCUT2D eigenvalue weighted by atomic mass is 35.5. The van der Waals surface area contributed by atoms with E-state index in [1.807, 2.05) is 18.2 Å². The number of hydrogen-bond donors (Lipinski definition) is 0. The highest BCUT2D eigenvalue weighted by molar-refractivity contribution is 7.91.